The number of pyridine rings is 1. The van der Waals surface area contributed by atoms with Crippen LogP contribution in [0.5, 0.6) is 0 Å². The third kappa shape index (κ3) is 2.94. The normalized spacial score (nSPS) is 11.6. The number of aromatic nitrogens is 1. The van der Waals surface area contributed by atoms with Crippen LogP contribution in [0, 0.1) is 0 Å². The lowest BCUT2D eigenvalue weighted by Crippen LogP contribution is -2.49. The van der Waals surface area contributed by atoms with E-state index in [0.29, 0.717) is 16.7 Å². The Kier molecular flexibility index (Phi) is 4.37. The van der Waals surface area contributed by atoms with Crippen LogP contribution in [0.4, 0.5) is 5.82 Å². The molecule has 0 spiro atoms. The molecule has 0 saturated carbocycles. The summed E-state index contributed by atoms with van der Waals surface area (Å²) in [5, 5.41) is 40.2. The van der Waals surface area contributed by atoms with Crippen LogP contribution < -0.4 is 5.32 Å². The Morgan fingerprint density at radius 3 is 2.33 bits per heavy atom. The summed E-state index contributed by atoms with van der Waals surface area (Å²) in [7, 11) is 0. The zero-order valence-corrected chi connectivity index (χ0v) is 11.2. The number of nitrogens with one attached hydrogen (secondary N) is 1. The van der Waals surface area contributed by atoms with Crippen LogP contribution in [-0.4, -0.2) is 56.7 Å². The summed E-state index contributed by atoms with van der Waals surface area (Å²) in [6.45, 7) is -1.43. The van der Waals surface area contributed by atoms with Crippen molar-refractivity contribution in [2.45, 2.75) is 5.54 Å². The Labute approximate surface area is 120 Å². The Balaban J connectivity index is 2.42. The van der Waals surface area contributed by atoms with Gasteiger partial charge in [-0.2, -0.15) is 0 Å². The summed E-state index contributed by atoms with van der Waals surface area (Å²) in [5.41, 5.74) is -0.683. The lowest BCUT2D eigenvalue weighted by molar-refractivity contribution is 0.0699. The second kappa shape index (κ2) is 6.04. The van der Waals surface area contributed by atoms with Crippen LogP contribution in [0.25, 0.3) is 10.9 Å². The highest BCUT2D eigenvalue weighted by molar-refractivity contribution is 6.02. The summed E-state index contributed by atoms with van der Waals surface area (Å²) >= 11 is 0. The van der Waals surface area contributed by atoms with Gasteiger partial charge < -0.3 is 25.7 Å². The molecule has 2 rings (SSSR count). The van der Waals surface area contributed by atoms with Crippen molar-refractivity contribution in [1.82, 2.24) is 4.98 Å². The lowest BCUT2D eigenvalue weighted by atomic mass is 10.0. The molecule has 21 heavy (non-hydrogen) atoms. The molecular weight excluding hydrogens is 276 g/mol. The topological polar surface area (TPSA) is 123 Å². The van der Waals surface area contributed by atoms with Crippen molar-refractivity contribution in [1.29, 1.82) is 0 Å². The minimum absolute atomic E-state index is 0.143. The molecule has 0 fully saturated rings. The van der Waals surface area contributed by atoms with E-state index in [1.807, 2.05) is 0 Å². The molecule has 0 bridgehead atoms. The van der Waals surface area contributed by atoms with Crippen LogP contribution in [0.3, 0.4) is 0 Å². The number of nitrogens with zero attached hydrogens (tertiary/aromatic N) is 1. The van der Waals surface area contributed by atoms with Crippen LogP contribution in [-0.2, 0) is 0 Å². The summed E-state index contributed by atoms with van der Waals surface area (Å²) in [5.74, 6) is -0.722. The van der Waals surface area contributed by atoms with E-state index in [4.69, 9.17) is 5.11 Å². The number of aliphatic hydroxyl groups excluding tert-OH is 3. The molecule has 2 aromatic rings. The predicted molar refractivity (Wildman–Crippen MR) is 76.3 cm³/mol. The van der Waals surface area contributed by atoms with Crippen molar-refractivity contribution < 1.29 is 25.2 Å². The van der Waals surface area contributed by atoms with E-state index in [2.05, 4.69) is 10.3 Å². The number of aliphatic hydroxyl groups is 3. The second-order valence-electron chi connectivity index (χ2n) is 4.75. The highest BCUT2D eigenvalue weighted by Crippen LogP contribution is 2.21. The van der Waals surface area contributed by atoms with Gasteiger partial charge in [0.05, 0.1) is 30.9 Å². The molecule has 7 nitrogen and oxygen atoms in total. The van der Waals surface area contributed by atoms with Gasteiger partial charge in [-0.05, 0) is 24.3 Å². The number of fused-ring (bicyclic) bond motifs is 1. The zero-order chi connectivity index (χ0) is 15.5. The number of benzene rings is 1. The third-order valence-corrected chi connectivity index (χ3v) is 3.26. The first-order valence-electron chi connectivity index (χ1n) is 6.29. The largest absolute Gasteiger partial charge is 0.478 e. The molecule has 5 N–H and O–H groups in total. The molecular formula is C14H16N2O5. The fraction of sp³-hybridized carbons (Fsp3) is 0.286. The molecule has 1 aromatic carbocycles. The molecule has 112 valence electrons. The maximum atomic E-state index is 11.1. The average molecular weight is 292 g/mol. The van der Waals surface area contributed by atoms with E-state index in [-0.39, 0.29) is 5.56 Å². The third-order valence-electron chi connectivity index (χ3n) is 3.26. The van der Waals surface area contributed by atoms with Gasteiger partial charge in [0.25, 0.3) is 0 Å². The Morgan fingerprint density at radius 2 is 1.76 bits per heavy atom. The van der Waals surface area contributed by atoms with E-state index in [9.17, 15) is 20.1 Å². The number of carboxylic acid groups (broad SMARTS) is 1. The van der Waals surface area contributed by atoms with Gasteiger partial charge in [-0.3, -0.25) is 0 Å². The number of carbonyl (C=O) groups is 1. The van der Waals surface area contributed by atoms with Gasteiger partial charge in [-0.15, -0.1) is 0 Å². The van der Waals surface area contributed by atoms with E-state index in [1.165, 1.54) is 12.1 Å². The molecule has 1 aromatic heterocycles. The van der Waals surface area contributed by atoms with Crippen molar-refractivity contribution in [3.63, 3.8) is 0 Å². The van der Waals surface area contributed by atoms with Crippen LogP contribution in [0.1, 0.15) is 10.4 Å². The quantitative estimate of drug-likeness (QED) is 0.510. The number of aromatic carboxylic acids is 1. The molecule has 0 atom stereocenters. The van der Waals surface area contributed by atoms with Gasteiger partial charge in [-0.1, -0.05) is 6.07 Å². The summed E-state index contributed by atoms with van der Waals surface area (Å²) < 4.78 is 0. The standard InChI is InChI=1S/C14H16N2O5/c17-6-14(7-18,8-19)16-12-5-4-9-10(13(20)21)2-1-3-11(9)15-12/h1-5,17-19H,6-8H2,(H,15,16)(H,20,21). The number of carboxylic acids is 1. The highest BCUT2D eigenvalue weighted by Gasteiger charge is 2.28. The molecule has 0 radical (unpaired) electrons. The number of hydrogen-bond donors (Lipinski definition) is 5. The second-order valence-corrected chi connectivity index (χ2v) is 4.75. The van der Waals surface area contributed by atoms with E-state index >= 15 is 0 Å². The smallest absolute Gasteiger partial charge is 0.336 e. The molecule has 0 unspecified atom stereocenters. The summed E-state index contributed by atoms with van der Waals surface area (Å²) in [6.07, 6.45) is 0. The van der Waals surface area contributed by atoms with Crippen LogP contribution >= 0.6 is 0 Å². The van der Waals surface area contributed by atoms with Crippen molar-refractivity contribution in [3.05, 3.63) is 35.9 Å². The lowest BCUT2D eigenvalue weighted by Gasteiger charge is -2.29. The van der Waals surface area contributed by atoms with Gasteiger partial charge in [0.15, 0.2) is 0 Å². The molecule has 1 heterocycles. The minimum Gasteiger partial charge on any atom is -0.478 e. The SMILES string of the molecule is O=C(O)c1cccc2nc(NC(CO)(CO)CO)ccc12. The maximum absolute atomic E-state index is 11.1. The maximum Gasteiger partial charge on any atom is 0.336 e. The first kappa shape index (κ1) is 15.2. The van der Waals surface area contributed by atoms with Gasteiger partial charge in [0, 0.05) is 5.39 Å². The zero-order valence-electron chi connectivity index (χ0n) is 11.2. The van der Waals surface area contributed by atoms with Crippen LogP contribution in [0.15, 0.2) is 30.3 Å². The predicted octanol–water partition coefficient (Wildman–Crippen LogP) is 0.0606. The van der Waals surface area contributed by atoms with Crippen molar-refractivity contribution in [2.75, 3.05) is 25.1 Å². The number of hydrogen-bond acceptors (Lipinski definition) is 6. The monoisotopic (exact) mass is 292 g/mol. The Bertz CT molecular complexity index is 647. The van der Waals surface area contributed by atoms with E-state index < -0.39 is 31.3 Å². The number of anilines is 1. The molecule has 0 aliphatic carbocycles. The minimum atomic E-state index is -1.29. The molecule has 0 aliphatic heterocycles. The Morgan fingerprint density at radius 1 is 1.10 bits per heavy atom. The molecule has 7 heteroatoms. The summed E-state index contributed by atoms with van der Waals surface area (Å²) in [4.78, 5) is 15.4. The van der Waals surface area contributed by atoms with Gasteiger partial charge >= 0.3 is 5.97 Å². The van der Waals surface area contributed by atoms with Crippen LogP contribution in [0.2, 0.25) is 0 Å². The molecule has 0 amide bonds. The van der Waals surface area contributed by atoms with Crippen molar-refractivity contribution in [2.24, 2.45) is 0 Å². The first-order valence-corrected chi connectivity index (χ1v) is 6.29. The van der Waals surface area contributed by atoms with Crippen molar-refractivity contribution in [3.8, 4) is 0 Å². The average Bonchev–Trinajstić information content (AvgIpc) is 2.51. The Hall–Kier alpha value is -2.22. The fourth-order valence-corrected chi connectivity index (χ4v) is 1.95. The van der Waals surface area contributed by atoms with Gasteiger partial charge in [0.1, 0.15) is 11.4 Å². The fourth-order valence-electron chi connectivity index (χ4n) is 1.95. The molecule has 0 saturated heterocycles. The molecule has 0 aliphatic rings. The van der Waals surface area contributed by atoms with Gasteiger partial charge in [0.2, 0.25) is 0 Å². The van der Waals surface area contributed by atoms with Gasteiger partial charge in [-0.25, -0.2) is 9.78 Å². The highest BCUT2D eigenvalue weighted by atomic mass is 16.4. The van der Waals surface area contributed by atoms with E-state index in [0.717, 1.165) is 0 Å². The van der Waals surface area contributed by atoms with Crippen molar-refractivity contribution >= 4 is 22.7 Å². The number of rotatable bonds is 6. The summed E-state index contributed by atoms with van der Waals surface area (Å²) in [6, 6.07) is 7.85. The van der Waals surface area contributed by atoms with E-state index in [1.54, 1.807) is 18.2 Å². The first-order chi connectivity index (χ1) is 10.0.